The largest absolute Gasteiger partial charge is 0.328 e. The molecule has 8 nitrogen and oxygen atoms in total. The molecule has 0 radical (unpaired) electrons. The number of aryl methyl sites for hydroxylation is 1. The summed E-state index contributed by atoms with van der Waals surface area (Å²) in [6, 6.07) is 10.4. The van der Waals surface area contributed by atoms with Crippen LogP contribution < -0.4 is 5.69 Å². The van der Waals surface area contributed by atoms with Crippen molar-refractivity contribution in [3.05, 3.63) is 70.7 Å². The molecule has 1 aliphatic carbocycles. The first-order valence-corrected chi connectivity index (χ1v) is 12.8. The van der Waals surface area contributed by atoms with Gasteiger partial charge in [0, 0.05) is 35.9 Å². The van der Waals surface area contributed by atoms with Gasteiger partial charge in [-0.25, -0.2) is 4.79 Å². The first-order valence-electron chi connectivity index (χ1n) is 12.8. The van der Waals surface area contributed by atoms with E-state index in [4.69, 9.17) is 0 Å². The molecule has 0 amide bonds. The summed E-state index contributed by atoms with van der Waals surface area (Å²) < 4.78 is 3.99. The van der Waals surface area contributed by atoms with Crippen LogP contribution in [0.4, 0.5) is 0 Å². The summed E-state index contributed by atoms with van der Waals surface area (Å²) in [5, 5.41) is 14.6. The third kappa shape index (κ3) is 4.57. The van der Waals surface area contributed by atoms with Gasteiger partial charge in [0.25, 0.3) is 0 Å². The number of nitrogens with one attached hydrogen (secondary N) is 1. The quantitative estimate of drug-likeness (QED) is 0.350. The monoisotopic (exact) mass is 471 g/mol. The molecule has 0 spiro atoms. The zero-order valence-corrected chi connectivity index (χ0v) is 20.5. The van der Waals surface area contributed by atoms with Crippen LogP contribution in [0.3, 0.4) is 0 Å². The Balaban J connectivity index is 1.54. The summed E-state index contributed by atoms with van der Waals surface area (Å²) in [7, 11) is 0. The van der Waals surface area contributed by atoms with Crippen molar-refractivity contribution in [1.82, 2.24) is 34.7 Å². The lowest BCUT2D eigenvalue weighted by Crippen LogP contribution is -2.36. The molecule has 2 atom stereocenters. The molecular formula is C27H33N7O. The molecule has 35 heavy (non-hydrogen) atoms. The van der Waals surface area contributed by atoms with Crippen LogP contribution in [0, 0.1) is 5.92 Å². The van der Waals surface area contributed by atoms with E-state index in [0.717, 1.165) is 60.1 Å². The van der Waals surface area contributed by atoms with Crippen LogP contribution in [0.2, 0.25) is 0 Å². The number of imidazole rings is 1. The third-order valence-corrected chi connectivity index (χ3v) is 7.30. The molecule has 1 N–H and O–H groups in total. The molecule has 0 saturated heterocycles. The summed E-state index contributed by atoms with van der Waals surface area (Å²) in [5.74, 6) is 1.16. The van der Waals surface area contributed by atoms with Gasteiger partial charge in [-0.2, -0.15) is 5.21 Å². The van der Waals surface area contributed by atoms with Crippen molar-refractivity contribution in [2.45, 2.75) is 71.4 Å². The molecular weight excluding hydrogens is 438 g/mol. The predicted octanol–water partition coefficient (Wildman–Crippen LogP) is 5.03. The van der Waals surface area contributed by atoms with Crippen LogP contribution in [0.25, 0.3) is 22.5 Å². The van der Waals surface area contributed by atoms with Gasteiger partial charge in [-0.15, -0.1) is 10.2 Å². The molecule has 1 aliphatic rings. The van der Waals surface area contributed by atoms with Gasteiger partial charge in [0.1, 0.15) is 0 Å². The summed E-state index contributed by atoms with van der Waals surface area (Å²) >= 11 is 0. The van der Waals surface area contributed by atoms with E-state index in [9.17, 15) is 4.79 Å². The fourth-order valence-corrected chi connectivity index (χ4v) is 5.31. The van der Waals surface area contributed by atoms with Crippen molar-refractivity contribution in [3.63, 3.8) is 0 Å². The first kappa shape index (κ1) is 23.2. The van der Waals surface area contributed by atoms with Gasteiger partial charge in [0.15, 0.2) is 0 Å². The van der Waals surface area contributed by atoms with Crippen molar-refractivity contribution in [2.75, 3.05) is 0 Å². The Morgan fingerprint density at radius 1 is 1.06 bits per heavy atom. The minimum atomic E-state index is 0.100. The molecule has 1 aromatic carbocycles. The molecule has 4 aromatic rings. The van der Waals surface area contributed by atoms with Gasteiger partial charge in [-0.1, -0.05) is 51.0 Å². The number of aromatic amines is 1. The molecule has 0 bridgehead atoms. The average Bonchev–Trinajstić information content (AvgIpc) is 3.51. The molecule has 3 heterocycles. The minimum absolute atomic E-state index is 0.100. The number of nitrogens with zero attached hydrogens (tertiary/aromatic N) is 6. The highest BCUT2D eigenvalue weighted by atomic mass is 16.1. The van der Waals surface area contributed by atoms with E-state index in [1.807, 2.05) is 39.6 Å². The Hall–Kier alpha value is -3.55. The Morgan fingerprint density at radius 3 is 2.63 bits per heavy atom. The summed E-state index contributed by atoms with van der Waals surface area (Å²) in [4.78, 5) is 18.1. The Labute approximate surface area is 205 Å². The molecule has 182 valence electrons. The van der Waals surface area contributed by atoms with Gasteiger partial charge in [-0.3, -0.25) is 14.1 Å². The van der Waals surface area contributed by atoms with E-state index in [-0.39, 0.29) is 5.69 Å². The van der Waals surface area contributed by atoms with Gasteiger partial charge >= 0.3 is 5.69 Å². The fourth-order valence-electron chi connectivity index (χ4n) is 5.31. The van der Waals surface area contributed by atoms with Crippen molar-refractivity contribution in [1.29, 1.82) is 0 Å². The van der Waals surface area contributed by atoms with Crippen molar-refractivity contribution in [2.24, 2.45) is 5.92 Å². The number of hydrogen-bond acceptors (Lipinski definition) is 5. The minimum Gasteiger partial charge on any atom is -0.296 e. The number of pyridine rings is 1. The standard InChI is InChI=1S/C27H33N7O/c1-3-5-9-21-18-34(25-13-12-19(25)8-4-2)27(35)33(21)17-20-16-28-15-14-22(20)23-10-6-7-11-24(23)26-29-31-32-30-26/h6-7,10-11,14-16,18-19,25H,3-5,8-9,12-13,17H2,1-2H3,(H,29,30,31,32). The van der Waals surface area contributed by atoms with Crippen LogP contribution >= 0.6 is 0 Å². The zero-order chi connectivity index (χ0) is 24.2. The number of rotatable bonds is 10. The Morgan fingerprint density at radius 2 is 1.91 bits per heavy atom. The van der Waals surface area contributed by atoms with E-state index in [0.29, 0.717) is 24.3 Å². The highest BCUT2D eigenvalue weighted by molar-refractivity contribution is 5.81. The summed E-state index contributed by atoms with van der Waals surface area (Å²) in [5.41, 5.74) is 5.12. The fraction of sp³-hybridized carbons (Fsp3) is 0.444. The molecule has 8 heteroatoms. The van der Waals surface area contributed by atoms with Crippen molar-refractivity contribution < 1.29 is 0 Å². The topological polar surface area (TPSA) is 94.3 Å². The van der Waals surface area contributed by atoms with E-state index in [1.54, 1.807) is 6.20 Å². The van der Waals surface area contributed by atoms with E-state index >= 15 is 0 Å². The molecule has 2 unspecified atom stereocenters. The lowest BCUT2D eigenvalue weighted by Gasteiger charge is -2.37. The molecule has 5 rings (SSSR count). The van der Waals surface area contributed by atoms with Crippen LogP contribution in [-0.4, -0.2) is 34.7 Å². The highest BCUT2D eigenvalue weighted by Gasteiger charge is 2.33. The van der Waals surface area contributed by atoms with Gasteiger partial charge in [-0.05, 0) is 66.0 Å². The average molecular weight is 472 g/mol. The van der Waals surface area contributed by atoms with Crippen LogP contribution in [0.5, 0.6) is 0 Å². The molecule has 0 aliphatic heterocycles. The van der Waals surface area contributed by atoms with Gasteiger partial charge < -0.3 is 0 Å². The maximum Gasteiger partial charge on any atom is 0.328 e. The zero-order valence-electron chi connectivity index (χ0n) is 20.5. The van der Waals surface area contributed by atoms with Crippen LogP contribution in [0.1, 0.15) is 69.7 Å². The Bertz CT molecular complexity index is 1320. The second kappa shape index (κ2) is 10.4. The smallest absolute Gasteiger partial charge is 0.296 e. The maximum absolute atomic E-state index is 13.7. The van der Waals surface area contributed by atoms with E-state index < -0.39 is 0 Å². The summed E-state index contributed by atoms with van der Waals surface area (Å²) in [6.07, 6.45) is 13.5. The van der Waals surface area contributed by atoms with Crippen molar-refractivity contribution in [3.8, 4) is 22.5 Å². The van der Waals surface area contributed by atoms with Gasteiger partial charge in [0.05, 0.1) is 6.54 Å². The number of unbranched alkanes of at least 4 members (excludes halogenated alkanes) is 1. The third-order valence-electron chi connectivity index (χ3n) is 7.30. The number of tetrazole rings is 1. The summed E-state index contributed by atoms with van der Waals surface area (Å²) in [6.45, 7) is 4.91. The normalized spacial score (nSPS) is 17.4. The van der Waals surface area contributed by atoms with E-state index in [2.05, 4.69) is 51.7 Å². The molecule has 3 aromatic heterocycles. The number of hydrogen-bond donors (Lipinski definition) is 1. The maximum atomic E-state index is 13.7. The Kier molecular flexibility index (Phi) is 6.88. The van der Waals surface area contributed by atoms with Gasteiger partial charge in [0.2, 0.25) is 5.82 Å². The molecule has 1 fully saturated rings. The first-order chi connectivity index (χ1) is 17.2. The van der Waals surface area contributed by atoms with Crippen molar-refractivity contribution >= 4 is 0 Å². The SMILES string of the molecule is CCCCc1cn(C2CCC2CCC)c(=O)n1Cc1cnccc1-c1ccccc1-c1nn[nH]n1. The number of aromatic nitrogens is 7. The highest BCUT2D eigenvalue weighted by Crippen LogP contribution is 2.41. The predicted molar refractivity (Wildman–Crippen MR) is 136 cm³/mol. The van der Waals surface area contributed by atoms with Crippen LogP contribution in [0.15, 0.2) is 53.7 Å². The second-order valence-electron chi connectivity index (χ2n) is 9.51. The lowest BCUT2D eigenvalue weighted by molar-refractivity contribution is 0.164. The second-order valence-corrected chi connectivity index (χ2v) is 9.51. The van der Waals surface area contributed by atoms with E-state index in [1.165, 1.54) is 12.8 Å². The number of H-pyrrole nitrogens is 1. The van der Waals surface area contributed by atoms with Crippen LogP contribution in [-0.2, 0) is 13.0 Å². The lowest BCUT2D eigenvalue weighted by atomic mass is 9.77. The number of benzene rings is 1. The molecule has 1 saturated carbocycles.